The molecule has 0 saturated carbocycles. The van der Waals surface area contributed by atoms with E-state index in [1.807, 2.05) is 0 Å². The fourth-order valence-corrected chi connectivity index (χ4v) is 1.50. The second-order valence-corrected chi connectivity index (χ2v) is 4.13. The van der Waals surface area contributed by atoms with Crippen molar-refractivity contribution in [3.63, 3.8) is 0 Å². The molecule has 0 fully saturated rings. The summed E-state index contributed by atoms with van der Waals surface area (Å²) in [6.45, 7) is -1.61. The molecular weight excluding hydrogens is 280 g/mol. The van der Waals surface area contributed by atoms with Gasteiger partial charge in [0.1, 0.15) is 5.75 Å². The number of alkyl halides is 2. The number of rotatable bonds is 7. The maximum absolute atomic E-state index is 12.2. The van der Waals surface area contributed by atoms with Crippen molar-refractivity contribution in [2.24, 2.45) is 0 Å². The first kappa shape index (κ1) is 15.7. The van der Waals surface area contributed by atoms with Gasteiger partial charge in [0, 0.05) is 11.6 Å². The summed E-state index contributed by atoms with van der Waals surface area (Å²) in [4.78, 5) is 12.5. The Bertz CT molecular complexity index is 400. The van der Waals surface area contributed by atoms with Crippen LogP contribution in [0.1, 0.15) is 0 Å². The van der Waals surface area contributed by atoms with Crippen LogP contribution < -0.4 is 4.74 Å². The standard InChI is InChI=1S/C12H14ClF2NO3/c13-9-1-3-10(4-2-9)19-8-12(18)16(5-6-17)7-11(14)15/h1-4,11,17H,5-8H2. The molecule has 4 nitrogen and oxygen atoms in total. The molecular formula is C12H14ClF2NO3. The van der Waals surface area contributed by atoms with Crippen LogP contribution in [0.25, 0.3) is 0 Å². The number of benzene rings is 1. The van der Waals surface area contributed by atoms with Crippen LogP contribution in [-0.2, 0) is 4.79 Å². The maximum Gasteiger partial charge on any atom is 0.260 e. The summed E-state index contributed by atoms with van der Waals surface area (Å²) < 4.78 is 29.6. The van der Waals surface area contributed by atoms with E-state index in [0.29, 0.717) is 10.8 Å². The Morgan fingerprint density at radius 3 is 2.53 bits per heavy atom. The van der Waals surface area contributed by atoms with E-state index in [-0.39, 0.29) is 19.8 Å². The second kappa shape index (κ2) is 7.91. The molecule has 19 heavy (non-hydrogen) atoms. The number of aliphatic hydroxyl groups excluding tert-OH is 1. The van der Waals surface area contributed by atoms with Gasteiger partial charge < -0.3 is 14.7 Å². The highest BCUT2D eigenvalue weighted by Crippen LogP contribution is 2.15. The predicted molar refractivity (Wildman–Crippen MR) is 66.6 cm³/mol. The van der Waals surface area contributed by atoms with E-state index < -0.39 is 18.9 Å². The summed E-state index contributed by atoms with van der Waals surface area (Å²) in [6.07, 6.45) is -2.65. The molecule has 0 spiro atoms. The number of carbonyl (C=O) groups excluding carboxylic acids is 1. The monoisotopic (exact) mass is 293 g/mol. The van der Waals surface area contributed by atoms with Crippen LogP contribution in [0.4, 0.5) is 8.78 Å². The van der Waals surface area contributed by atoms with Crippen LogP contribution in [0.5, 0.6) is 5.75 Å². The van der Waals surface area contributed by atoms with Crippen molar-refractivity contribution < 1.29 is 23.4 Å². The molecule has 1 aromatic rings. The predicted octanol–water partition coefficient (Wildman–Crippen LogP) is 1.80. The van der Waals surface area contributed by atoms with Crippen molar-refractivity contribution >= 4 is 17.5 Å². The number of hydrogen-bond acceptors (Lipinski definition) is 3. The lowest BCUT2D eigenvalue weighted by Crippen LogP contribution is -2.40. The first-order valence-corrected chi connectivity index (χ1v) is 5.96. The molecule has 106 valence electrons. The zero-order chi connectivity index (χ0) is 14.3. The van der Waals surface area contributed by atoms with Crippen molar-refractivity contribution in [2.45, 2.75) is 6.43 Å². The largest absolute Gasteiger partial charge is 0.484 e. The lowest BCUT2D eigenvalue weighted by molar-refractivity contribution is -0.135. The highest BCUT2D eigenvalue weighted by atomic mass is 35.5. The van der Waals surface area contributed by atoms with Gasteiger partial charge in [-0.05, 0) is 24.3 Å². The minimum absolute atomic E-state index is 0.146. The number of amides is 1. The smallest absolute Gasteiger partial charge is 0.260 e. The Morgan fingerprint density at radius 2 is 2.00 bits per heavy atom. The van der Waals surface area contributed by atoms with Gasteiger partial charge in [0.2, 0.25) is 0 Å². The average Bonchev–Trinajstić information content (AvgIpc) is 2.37. The minimum Gasteiger partial charge on any atom is -0.484 e. The Hall–Kier alpha value is -1.40. The normalized spacial score (nSPS) is 10.6. The van der Waals surface area contributed by atoms with E-state index in [0.717, 1.165) is 4.90 Å². The fraction of sp³-hybridized carbons (Fsp3) is 0.417. The SMILES string of the molecule is O=C(COc1ccc(Cl)cc1)N(CCO)CC(F)F. The van der Waals surface area contributed by atoms with Gasteiger partial charge in [-0.2, -0.15) is 0 Å². The third-order valence-electron chi connectivity index (χ3n) is 2.26. The lowest BCUT2D eigenvalue weighted by atomic mass is 10.3. The molecule has 0 atom stereocenters. The van der Waals surface area contributed by atoms with E-state index in [1.165, 1.54) is 0 Å². The third-order valence-corrected chi connectivity index (χ3v) is 2.51. The van der Waals surface area contributed by atoms with Gasteiger partial charge in [0.25, 0.3) is 12.3 Å². The zero-order valence-corrected chi connectivity index (χ0v) is 10.8. The molecule has 1 N–H and O–H groups in total. The zero-order valence-electron chi connectivity index (χ0n) is 10.1. The molecule has 0 aliphatic carbocycles. The number of ether oxygens (including phenoxy) is 1. The summed E-state index contributed by atoms with van der Waals surface area (Å²) >= 11 is 5.68. The van der Waals surface area contributed by atoms with Gasteiger partial charge >= 0.3 is 0 Å². The number of halogens is 3. The van der Waals surface area contributed by atoms with Crippen LogP contribution in [0.15, 0.2) is 24.3 Å². The molecule has 0 aliphatic heterocycles. The van der Waals surface area contributed by atoms with Gasteiger partial charge in [0.05, 0.1) is 13.2 Å². The number of hydrogen-bond donors (Lipinski definition) is 1. The highest BCUT2D eigenvalue weighted by Gasteiger charge is 2.18. The van der Waals surface area contributed by atoms with Crippen LogP contribution in [0.2, 0.25) is 5.02 Å². The highest BCUT2D eigenvalue weighted by molar-refractivity contribution is 6.30. The van der Waals surface area contributed by atoms with E-state index >= 15 is 0 Å². The molecule has 0 bridgehead atoms. The van der Waals surface area contributed by atoms with Crippen LogP contribution in [0.3, 0.4) is 0 Å². The van der Waals surface area contributed by atoms with Crippen LogP contribution >= 0.6 is 11.6 Å². The Labute approximate surface area is 114 Å². The molecule has 1 amide bonds. The Morgan fingerprint density at radius 1 is 1.37 bits per heavy atom. The molecule has 7 heteroatoms. The van der Waals surface area contributed by atoms with Crippen molar-refractivity contribution in [2.75, 3.05) is 26.3 Å². The van der Waals surface area contributed by atoms with Gasteiger partial charge in [-0.25, -0.2) is 8.78 Å². The Balaban J connectivity index is 2.49. The minimum atomic E-state index is -2.65. The molecule has 0 saturated heterocycles. The van der Waals surface area contributed by atoms with Crippen molar-refractivity contribution in [3.05, 3.63) is 29.3 Å². The molecule has 0 radical (unpaired) electrons. The first-order valence-electron chi connectivity index (χ1n) is 5.58. The van der Waals surface area contributed by atoms with Gasteiger partial charge in [-0.1, -0.05) is 11.6 Å². The summed E-state index contributed by atoms with van der Waals surface area (Å²) in [5.41, 5.74) is 0. The summed E-state index contributed by atoms with van der Waals surface area (Å²) in [5.74, 6) is -0.192. The van der Waals surface area contributed by atoms with Crippen LogP contribution in [-0.4, -0.2) is 48.6 Å². The number of aliphatic hydroxyl groups is 1. The summed E-state index contributed by atoms with van der Waals surface area (Å²) in [7, 11) is 0. The van der Waals surface area contributed by atoms with E-state index in [4.69, 9.17) is 21.4 Å². The molecule has 0 aliphatic rings. The van der Waals surface area contributed by atoms with Crippen molar-refractivity contribution in [1.82, 2.24) is 4.90 Å². The van der Waals surface area contributed by atoms with Gasteiger partial charge in [-0.15, -0.1) is 0 Å². The van der Waals surface area contributed by atoms with Crippen molar-refractivity contribution in [3.8, 4) is 5.75 Å². The quantitative estimate of drug-likeness (QED) is 0.834. The van der Waals surface area contributed by atoms with Crippen LogP contribution in [0, 0.1) is 0 Å². The molecule has 0 aromatic heterocycles. The number of carbonyl (C=O) groups is 1. The average molecular weight is 294 g/mol. The lowest BCUT2D eigenvalue weighted by Gasteiger charge is -2.21. The maximum atomic E-state index is 12.2. The third kappa shape index (κ3) is 5.85. The first-order chi connectivity index (χ1) is 9.02. The number of nitrogens with zero attached hydrogens (tertiary/aromatic N) is 1. The molecule has 1 aromatic carbocycles. The van der Waals surface area contributed by atoms with Crippen molar-refractivity contribution in [1.29, 1.82) is 0 Å². The topological polar surface area (TPSA) is 49.8 Å². The van der Waals surface area contributed by atoms with Gasteiger partial charge in [0.15, 0.2) is 6.61 Å². The second-order valence-electron chi connectivity index (χ2n) is 3.70. The van der Waals surface area contributed by atoms with E-state index in [9.17, 15) is 13.6 Å². The summed E-state index contributed by atoms with van der Waals surface area (Å²) in [5, 5.41) is 9.25. The van der Waals surface area contributed by atoms with E-state index in [2.05, 4.69) is 0 Å². The van der Waals surface area contributed by atoms with E-state index in [1.54, 1.807) is 24.3 Å². The van der Waals surface area contributed by atoms with Gasteiger partial charge in [-0.3, -0.25) is 4.79 Å². The summed E-state index contributed by atoms with van der Waals surface area (Å²) in [6, 6.07) is 6.32. The molecule has 0 heterocycles. The molecule has 0 unspecified atom stereocenters. The Kier molecular flexibility index (Phi) is 6.52. The molecule has 1 rings (SSSR count). The fourth-order valence-electron chi connectivity index (χ4n) is 1.37.